The summed E-state index contributed by atoms with van der Waals surface area (Å²) in [7, 11) is 0. The molecule has 1 atom stereocenters. The Morgan fingerprint density at radius 2 is 2.00 bits per heavy atom. The van der Waals surface area contributed by atoms with Crippen LogP contribution in [0, 0.1) is 0 Å². The van der Waals surface area contributed by atoms with E-state index in [4.69, 9.17) is 0 Å². The smallest absolute Gasteiger partial charge is 0.134 e. The molecule has 0 saturated carbocycles. The Labute approximate surface area is 119 Å². The molecule has 0 aromatic heterocycles. The van der Waals surface area contributed by atoms with Crippen LogP contribution in [0.15, 0.2) is 22.7 Å². The van der Waals surface area contributed by atoms with E-state index in [2.05, 4.69) is 35.1 Å². The van der Waals surface area contributed by atoms with Gasteiger partial charge in [0.05, 0.1) is 4.47 Å². The van der Waals surface area contributed by atoms with E-state index in [1.165, 1.54) is 32.1 Å². The molecule has 0 amide bonds. The normalized spacial score (nSPS) is 12.6. The van der Waals surface area contributed by atoms with E-state index in [9.17, 15) is 5.11 Å². The Morgan fingerprint density at radius 1 is 1.22 bits per heavy atom. The van der Waals surface area contributed by atoms with Crippen LogP contribution in [0.3, 0.4) is 0 Å². The number of hydrogen-bond acceptors (Lipinski definition) is 2. The quantitative estimate of drug-likeness (QED) is 0.735. The number of rotatable bonds is 8. The van der Waals surface area contributed by atoms with Crippen molar-refractivity contribution in [1.29, 1.82) is 0 Å². The number of para-hydroxylation sites is 1. The van der Waals surface area contributed by atoms with Crippen molar-refractivity contribution in [3.63, 3.8) is 0 Å². The highest BCUT2D eigenvalue weighted by molar-refractivity contribution is 9.10. The SMILES string of the molecule is CCCCC(CCC)NCc1cccc(Br)c1O. The molecule has 3 heteroatoms. The van der Waals surface area contributed by atoms with E-state index < -0.39 is 0 Å². The topological polar surface area (TPSA) is 32.3 Å². The van der Waals surface area contributed by atoms with Gasteiger partial charge in [0.15, 0.2) is 0 Å². The van der Waals surface area contributed by atoms with Gasteiger partial charge >= 0.3 is 0 Å². The average Bonchev–Trinajstić information content (AvgIpc) is 2.37. The first-order chi connectivity index (χ1) is 8.69. The first kappa shape index (κ1) is 15.5. The monoisotopic (exact) mass is 313 g/mol. The van der Waals surface area contributed by atoms with Crippen LogP contribution in [0.25, 0.3) is 0 Å². The molecule has 0 spiro atoms. The van der Waals surface area contributed by atoms with Gasteiger partial charge in [-0.3, -0.25) is 0 Å². The van der Waals surface area contributed by atoms with Crippen LogP contribution in [-0.4, -0.2) is 11.1 Å². The van der Waals surface area contributed by atoms with Gasteiger partial charge in [-0.05, 0) is 34.8 Å². The highest BCUT2D eigenvalue weighted by atomic mass is 79.9. The van der Waals surface area contributed by atoms with E-state index in [1.807, 2.05) is 18.2 Å². The predicted octanol–water partition coefficient (Wildman–Crippen LogP) is 4.60. The van der Waals surface area contributed by atoms with Gasteiger partial charge < -0.3 is 10.4 Å². The number of halogens is 1. The zero-order valence-electron chi connectivity index (χ0n) is 11.4. The van der Waals surface area contributed by atoms with Gasteiger partial charge in [-0.2, -0.15) is 0 Å². The fraction of sp³-hybridized carbons (Fsp3) is 0.600. The molecule has 0 radical (unpaired) electrons. The zero-order valence-corrected chi connectivity index (χ0v) is 13.0. The number of phenolic OH excluding ortho intramolecular Hbond substituents is 1. The Balaban J connectivity index is 2.52. The molecule has 1 aromatic carbocycles. The minimum atomic E-state index is 0.357. The van der Waals surface area contributed by atoms with Crippen LogP contribution in [0.2, 0.25) is 0 Å². The van der Waals surface area contributed by atoms with E-state index in [-0.39, 0.29) is 0 Å². The Hall–Kier alpha value is -0.540. The van der Waals surface area contributed by atoms with Crippen molar-refractivity contribution in [2.45, 2.75) is 58.5 Å². The molecule has 1 rings (SSSR count). The summed E-state index contributed by atoms with van der Waals surface area (Å²) in [4.78, 5) is 0. The third-order valence-corrected chi connectivity index (χ3v) is 3.83. The summed E-state index contributed by atoms with van der Waals surface area (Å²) in [5, 5.41) is 13.5. The molecule has 0 aliphatic carbocycles. The molecule has 0 fully saturated rings. The van der Waals surface area contributed by atoms with E-state index in [0.717, 1.165) is 16.6 Å². The molecule has 0 aliphatic rings. The van der Waals surface area contributed by atoms with E-state index in [1.54, 1.807) is 0 Å². The van der Waals surface area contributed by atoms with Crippen LogP contribution < -0.4 is 5.32 Å². The van der Waals surface area contributed by atoms with Gasteiger partial charge in [-0.25, -0.2) is 0 Å². The predicted molar refractivity (Wildman–Crippen MR) is 80.9 cm³/mol. The van der Waals surface area contributed by atoms with Crippen LogP contribution in [-0.2, 0) is 6.54 Å². The summed E-state index contributed by atoms with van der Waals surface area (Å²) < 4.78 is 0.766. The van der Waals surface area contributed by atoms with Crippen molar-refractivity contribution in [3.05, 3.63) is 28.2 Å². The molecule has 102 valence electrons. The maximum absolute atomic E-state index is 9.93. The van der Waals surface area contributed by atoms with Crippen LogP contribution in [0.1, 0.15) is 51.5 Å². The van der Waals surface area contributed by atoms with Gasteiger partial charge in [-0.15, -0.1) is 0 Å². The van der Waals surface area contributed by atoms with E-state index in [0.29, 0.717) is 11.8 Å². The van der Waals surface area contributed by atoms with Gasteiger partial charge in [0.2, 0.25) is 0 Å². The third-order valence-electron chi connectivity index (χ3n) is 3.19. The van der Waals surface area contributed by atoms with Gasteiger partial charge in [-0.1, -0.05) is 45.2 Å². The molecule has 2 nitrogen and oxygen atoms in total. The molecular formula is C15H24BrNO. The molecule has 2 N–H and O–H groups in total. The maximum atomic E-state index is 9.93. The summed E-state index contributed by atoms with van der Waals surface area (Å²) in [6, 6.07) is 6.35. The summed E-state index contributed by atoms with van der Waals surface area (Å²) in [5.41, 5.74) is 0.960. The first-order valence-corrected chi connectivity index (χ1v) is 7.68. The molecule has 0 aliphatic heterocycles. The van der Waals surface area contributed by atoms with Crippen molar-refractivity contribution in [3.8, 4) is 5.75 Å². The number of nitrogens with one attached hydrogen (secondary N) is 1. The number of unbranched alkanes of at least 4 members (excludes halogenated alkanes) is 1. The second-order valence-corrected chi connectivity index (χ2v) is 5.61. The lowest BCUT2D eigenvalue weighted by atomic mass is 10.0. The van der Waals surface area contributed by atoms with E-state index >= 15 is 0 Å². The van der Waals surface area contributed by atoms with Crippen LogP contribution in [0.4, 0.5) is 0 Å². The summed E-state index contributed by atoms with van der Waals surface area (Å²) >= 11 is 3.35. The molecular weight excluding hydrogens is 290 g/mol. The van der Waals surface area contributed by atoms with Crippen molar-refractivity contribution < 1.29 is 5.11 Å². The van der Waals surface area contributed by atoms with Gasteiger partial charge in [0.25, 0.3) is 0 Å². The highest BCUT2D eigenvalue weighted by Crippen LogP contribution is 2.27. The standard InChI is InChI=1S/C15H24BrNO/c1-3-5-9-13(7-4-2)17-11-12-8-6-10-14(16)15(12)18/h6,8,10,13,17-18H,3-5,7,9,11H2,1-2H3. The summed E-state index contributed by atoms with van der Waals surface area (Å²) in [6.07, 6.45) is 6.13. The minimum absolute atomic E-state index is 0.357. The molecule has 1 aromatic rings. The summed E-state index contributed by atoms with van der Waals surface area (Å²) in [6.45, 7) is 5.18. The largest absolute Gasteiger partial charge is 0.506 e. The first-order valence-electron chi connectivity index (χ1n) is 6.88. The fourth-order valence-corrected chi connectivity index (χ4v) is 2.51. The van der Waals surface area contributed by atoms with Crippen molar-refractivity contribution >= 4 is 15.9 Å². The number of benzene rings is 1. The van der Waals surface area contributed by atoms with Gasteiger partial charge in [0, 0.05) is 18.2 Å². The lowest BCUT2D eigenvalue weighted by Crippen LogP contribution is -2.28. The maximum Gasteiger partial charge on any atom is 0.134 e. The molecule has 0 bridgehead atoms. The van der Waals surface area contributed by atoms with Crippen molar-refractivity contribution in [2.75, 3.05) is 0 Å². The highest BCUT2D eigenvalue weighted by Gasteiger charge is 2.09. The fourth-order valence-electron chi connectivity index (χ4n) is 2.10. The summed E-state index contributed by atoms with van der Waals surface area (Å²) in [5.74, 6) is 0.357. The van der Waals surface area contributed by atoms with Crippen molar-refractivity contribution in [1.82, 2.24) is 5.32 Å². The Morgan fingerprint density at radius 3 is 2.67 bits per heavy atom. The third kappa shape index (κ3) is 4.99. The number of aromatic hydroxyl groups is 1. The minimum Gasteiger partial charge on any atom is -0.506 e. The second-order valence-electron chi connectivity index (χ2n) is 4.76. The average molecular weight is 314 g/mol. The number of hydrogen-bond donors (Lipinski definition) is 2. The number of phenols is 1. The Bertz CT molecular complexity index is 354. The lowest BCUT2D eigenvalue weighted by molar-refractivity contribution is 0.421. The molecule has 1 unspecified atom stereocenters. The van der Waals surface area contributed by atoms with Crippen molar-refractivity contribution in [2.24, 2.45) is 0 Å². The molecule has 18 heavy (non-hydrogen) atoms. The van der Waals surface area contributed by atoms with Crippen LogP contribution in [0.5, 0.6) is 5.75 Å². The molecule has 0 saturated heterocycles. The lowest BCUT2D eigenvalue weighted by Gasteiger charge is -2.18. The van der Waals surface area contributed by atoms with Gasteiger partial charge in [0.1, 0.15) is 5.75 Å². The van der Waals surface area contributed by atoms with Crippen LogP contribution >= 0.6 is 15.9 Å². The molecule has 0 heterocycles. The Kier molecular flexibility index (Phi) is 7.36. The second kappa shape index (κ2) is 8.54. The zero-order chi connectivity index (χ0) is 13.4.